The van der Waals surface area contributed by atoms with Crippen molar-refractivity contribution in [2.75, 3.05) is 5.32 Å². The van der Waals surface area contributed by atoms with Crippen LogP contribution in [0.3, 0.4) is 0 Å². The van der Waals surface area contributed by atoms with E-state index in [-0.39, 0.29) is 5.56 Å². The van der Waals surface area contributed by atoms with Gasteiger partial charge < -0.3 is 11.1 Å². The van der Waals surface area contributed by atoms with Gasteiger partial charge in [-0.2, -0.15) is 0 Å². The van der Waals surface area contributed by atoms with Crippen LogP contribution in [0.5, 0.6) is 0 Å². The summed E-state index contributed by atoms with van der Waals surface area (Å²) in [5.41, 5.74) is 4.37. The molecule has 1 atom stereocenters. The smallest absolute Gasteiger partial charge is 0.247 e. The van der Waals surface area contributed by atoms with Gasteiger partial charge in [0.2, 0.25) is 5.91 Å². The third kappa shape index (κ3) is 2.61. The van der Waals surface area contributed by atoms with Gasteiger partial charge in [0.1, 0.15) is 17.2 Å². The highest BCUT2D eigenvalue weighted by molar-refractivity contribution is 5.89. The van der Waals surface area contributed by atoms with Crippen molar-refractivity contribution in [2.24, 2.45) is 5.73 Å². The molecule has 3 nitrogen and oxygen atoms in total. The molecule has 2 aromatic carbocycles. The first-order valence-electron chi connectivity index (χ1n) is 6.02. The van der Waals surface area contributed by atoms with E-state index in [1.165, 1.54) is 43.3 Å². The standard InChI is InChI=1S/C15H14F2N2O/c1-15(14(18)20,12-7-2-3-8-13(12)17)19-11-6-4-5-10(16)9-11/h2-9,19H,1H3,(H2,18,20). The average Bonchev–Trinajstić information content (AvgIpc) is 2.38. The molecule has 104 valence electrons. The Morgan fingerprint density at radius 3 is 2.45 bits per heavy atom. The third-order valence-corrected chi connectivity index (χ3v) is 3.12. The van der Waals surface area contributed by atoms with Crippen LogP contribution in [0.2, 0.25) is 0 Å². The number of hydrogen-bond acceptors (Lipinski definition) is 2. The molecule has 0 saturated carbocycles. The Bertz CT molecular complexity index is 645. The lowest BCUT2D eigenvalue weighted by Gasteiger charge is -2.29. The van der Waals surface area contributed by atoms with Gasteiger partial charge >= 0.3 is 0 Å². The minimum absolute atomic E-state index is 0.108. The van der Waals surface area contributed by atoms with Crippen molar-refractivity contribution in [1.29, 1.82) is 0 Å². The van der Waals surface area contributed by atoms with Crippen LogP contribution in [-0.2, 0) is 10.3 Å². The zero-order valence-electron chi connectivity index (χ0n) is 10.9. The molecule has 0 aliphatic carbocycles. The van der Waals surface area contributed by atoms with E-state index in [4.69, 9.17) is 5.73 Å². The van der Waals surface area contributed by atoms with E-state index >= 15 is 0 Å². The van der Waals surface area contributed by atoms with Crippen LogP contribution in [-0.4, -0.2) is 5.91 Å². The topological polar surface area (TPSA) is 55.1 Å². The van der Waals surface area contributed by atoms with E-state index in [1.54, 1.807) is 12.1 Å². The van der Waals surface area contributed by atoms with Gasteiger partial charge in [-0.05, 0) is 31.2 Å². The summed E-state index contributed by atoms with van der Waals surface area (Å²) in [6.45, 7) is 1.46. The third-order valence-electron chi connectivity index (χ3n) is 3.12. The summed E-state index contributed by atoms with van der Waals surface area (Å²) in [6.07, 6.45) is 0. The van der Waals surface area contributed by atoms with Crippen LogP contribution in [0, 0.1) is 11.6 Å². The molecule has 3 N–H and O–H groups in total. The summed E-state index contributed by atoms with van der Waals surface area (Å²) in [4.78, 5) is 11.8. The van der Waals surface area contributed by atoms with Crippen molar-refractivity contribution >= 4 is 11.6 Å². The number of amides is 1. The van der Waals surface area contributed by atoms with Crippen LogP contribution < -0.4 is 11.1 Å². The second kappa shape index (κ2) is 5.28. The monoisotopic (exact) mass is 276 g/mol. The lowest BCUT2D eigenvalue weighted by atomic mass is 9.90. The van der Waals surface area contributed by atoms with E-state index in [0.717, 1.165) is 0 Å². The van der Waals surface area contributed by atoms with E-state index < -0.39 is 23.1 Å². The Balaban J connectivity index is 2.46. The van der Waals surface area contributed by atoms with Crippen molar-refractivity contribution < 1.29 is 13.6 Å². The highest BCUT2D eigenvalue weighted by Gasteiger charge is 2.35. The predicted octanol–water partition coefficient (Wildman–Crippen LogP) is 2.78. The Labute approximate surface area is 115 Å². The fourth-order valence-corrected chi connectivity index (χ4v) is 1.98. The predicted molar refractivity (Wildman–Crippen MR) is 73.0 cm³/mol. The van der Waals surface area contributed by atoms with Gasteiger partial charge in [-0.15, -0.1) is 0 Å². The van der Waals surface area contributed by atoms with E-state index in [1.807, 2.05) is 0 Å². The van der Waals surface area contributed by atoms with Crippen LogP contribution >= 0.6 is 0 Å². The quantitative estimate of drug-likeness (QED) is 0.902. The van der Waals surface area contributed by atoms with Crippen molar-refractivity contribution in [3.63, 3.8) is 0 Å². The molecule has 1 unspecified atom stereocenters. The van der Waals surface area contributed by atoms with Crippen molar-refractivity contribution in [3.8, 4) is 0 Å². The molecular weight excluding hydrogens is 262 g/mol. The fraction of sp³-hybridized carbons (Fsp3) is 0.133. The van der Waals surface area contributed by atoms with Gasteiger partial charge in [0, 0.05) is 11.3 Å². The molecule has 2 aromatic rings. The highest BCUT2D eigenvalue weighted by Crippen LogP contribution is 2.28. The summed E-state index contributed by atoms with van der Waals surface area (Å²) in [6, 6.07) is 11.4. The normalized spacial score (nSPS) is 13.6. The maximum atomic E-state index is 13.9. The molecule has 0 bridgehead atoms. The van der Waals surface area contributed by atoms with Crippen molar-refractivity contribution in [2.45, 2.75) is 12.5 Å². The lowest BCUT2D eigenvalue weighted by molar-refractivity contribution is -0.122. The number of nitrogens with two attached hydrogens (primary N) is 1. The van der Waals surface area contributed by atoms with Gasteiger partial charge in [-0.1, -0.05) is 24.3 Å². The molecule has 0 heterocycles. The van der Waals surface area contributed by atoms with Gasteiger partial charge in [0.25, 0.3) is 0 Å². The first-order valence-corrected chi connectivity index (χ1v) is 6.02. The van der Waals surface area contributed by atoms with Crippen molar-refractivity contribution in [3.05, 3.63) is 65.7 Å². The molecule has 2 rings (SSSR count). The fourth-order valence-electron chi connectivity index (χ4n) is 1.98. The molecule has 0 fully saturated rings. The highest BCUT2D eigenvalue weighted by atomic mass is 19.1. The summed E-state index contributed by atoms with van der Waals surface area (Å²) in [5, 5.41) is 2.80. The summed E-state index contributed by atoms with van der Waals surface area (Å²) < 4.78 is 27.1. The largest absolute Gasteiger partial charge is 0.368 e. The number of halogens is 2. The molecule has 5 heteroatoms. The molecule has 0 spiro atoms. The maximum absolute atomic E-state index is 13.9. The first-order chi connectivity index (χ1) is 9.43. The molecule has 0 saturated heterocycles. The Hall–Kier alpha value is -2.43. The van der Waals surface area contributed by atoms with Gasteiger partial charge in [0.05, 0.1) is 0 Å². The van der Waals surface area contributed by atoms with E-state index in [9.17, 15) is 13.6 Å². The summed E-state index contributed by atoms with van der Waals surface area (Å²) >= 11 is 0. The molecule has 0 radical (unpaired) electrons. The number of rotatable bonds is 4. The zero-order chi connectivity index (χ0) is 14.8. The minimum Gasteiger partial charge on any atom is -0.368 e. The van der Waals surface area contributed by atoms with E-state index in [2.05, 4.69) is 5.32 Å². The number of benzene rings is 2. The number of primary amides is 1. The average molecular weight is 276 g/mol. The van der Waals surface area contributed by atoms with Gasteiger partial charge in [-0.3, -0.25) is 4.79 Å². The second-order valence-corrected chi connectivity index (χ2v) is 4.60. The second-order valence-electron chi connectivity index (χ2n) is 4.60. The molecule has 0 aromatic heterocycles. The number of nitrogens with one attached hydrogen (secondary N) is 1. The van der Waals surface area contributed by atoms with Crippen LogP contribution in [0.4, 0.5) is 14.5 Å². The molecule has 20 heavy (non-hydrogen) atoms. The Morgan fingerprint density at radius 2 is 1.85 bits per heavy atom. The van der Waals surface area contributed by atoms with Crippen molar-refractivity contribution in [1.82, 2.24) is 0 Å². The Morgan fingerprint density at radius 1 is 1.15 bits per heavy atom. The lowest BCUT2D eigenvalue weighted by Crippen LogP contribution is -2.45. The molecule has 1 amide bonds. The Kier molecular flexibility index (Phi) is 3.70. The molecule has 0 aliphatic heterocycles. The number of carbonyl (C=O) groups excluding carboxylic acids is 1. The summed E-state index contributed by atoms with van der Waals surface area (Å²) in [5.74, 6) is -1.78. The minimum atomic E-state index is -1.47. The number of hydrogen-bond donors (Lipinski definition) is 2. The number of anilines is 1. The summed E-state index contributed by atoms with van der Waals surface area (Å²) in [7, 11) is 0. The van der Waals surface area contributed by atoms with Crippen LogP contribution in [0.1, 0.15) is 12.5 Å². The molecule has 0 aliphatic rings. The van der Waals surface area contributed by atoms with Gasteiger partial charge in [-0.25, -0.2) is 8.78 Å². The number of carbonyl (C=O) groups is 1. The van der Waals surface area contributed by atoms with E-state index in [0.29, 0.717) is 5.69 Å². The SMILES string of the molecule is CC(Nc1cccc(F)c1)(C(N)=O)c1ccccc1F. The first kappa shape index (κ1) is 14.0. The zero-order valence-corrected chi connectivity index (χ0v) is 10.9. The van der Waals surface area contributed by atoms with Gasteiger partial charge in [0.15, 0.2) is 0 Å². The maximum Gasteiger partial charge on any atom is 0.247 e. The van der Waals surface area contributed by atoms with Crippen LogP contribution in [0.25, 0.3) is 0 Å². The van der Waals surface area contributed by atoms with Crippen LogP contribution in [0.15, 0.2) is 48.5 Å². The molecular formula is C15H14F2N2O.